The molecule has 0 radical (unpaired) electrons. The summed E-state index contributed by atoms with van der Waals surface area (Å²) in [4.78, 5) is 44.8. The number of hydrogen-bond donors (Lipinski definition) is 2. The molecule has 0 aromatic heterocycles. The zero-order valence-electron chi connectivity index (χ0n) is 17.7. The Morgan fingerprint density at radius 1 is 0.818 bits per heavy atom. The quantitative estimate of drug-likeness (QED) is 0.176. The fourth-order valence-electron chi connectivity index (χ4n) is 2.84. The van der Waals surface area contributed by atoms with Crippen molar-refractivity contribution < 1.29 is 45.4 Å². The van der Waals surface area contributed by atoms with Crippen molar-refractivity contribution in [1.29, 1.82) is 0 Å². The van der Waals surface area contributed by atoms with Gasteiger partial charge in [-0.05, 0) is 12.2 Å². The van der Waals surface area contributed by atoms with Gasteiger partial charge in [-0.25, -0.2) is 0 Å². The van der Waals surface area contributed by atoms with Crippen molar-refractivity contribution in [3.8, 4) is 0 Å². The maximum Gasteiger partial charge on any atom is 0.270 e. The molecule has 2 aliphatic rings. The molecule has 0 spiro atoms. The van der Waals surface area contributed by atoms with E-state index in [4.69, 9.17) is 9.47 Å². The van der Waals surface area contributed by atoms with Gasteiger partial charge in [0.2, 0.25) is 0 Å². The van der Waals surface area contributed by atoms with Crippen LogP contribution >= 0.6 is 0 Å². The minimum atomic E-state index is -0.604. The molecule has 0 unspecified atom stereocenters. The second-order valence-corrected chi connectivity index (χ2v) is 6.70. The van der Waals surface area contributed by atoms with Crippen LogP contribution in [0.3, 0.4) is 0 Å². The van der Waals surface area contributed by atoms with Crippen LogP contribution in [-0.4, -0.2) is 60.9 Å². The summed E-state index contributed by atoms with van der Waals surface area (Å²) < 4.78 is 10.4. The van der Waals surface area contributed by atoms with E-state index < -0.39 is 33.5 Å². The molecule has 180 valence electrons. The molecule has 2 aliphatic carbocycles. The first-order valence-electron chi connectivity index (χ1n) is 9.34. The number of hydrogen-bond acceptors (Lipinski definition) is 10. The van der Waals surface area contributed by atoms with Gasteiger partial charge >= 0.3 is 0 Å². The Kier molecular flexibility index (Phi) is 11.1. The number of rotatable bonds is 11. The molecule has 0 saturated heterocycles. The average Bonchev–Trinajstić information content (AvgIpc) is 2.75. The van der Waals surface area contributed by atoms with Crippen LogP contribution in [-0.2, 0) is 35.6 Å². The molecule has 2 N–H and O–H groups in total. The number of nitrogens with one attached hydrogen (secondary N) is 2. The van der Waals surface area contributed by atoms with E-state index >= 15 is 0 Å². The zero-order chi connectivity index (χ0) is 23.7. The smallest absolute Gasteiger partial charge is 0.270 e. The van der Waals surface area contributed by atoms with Gasteiger partial charge in [0.15, 0.2) is 11.6 Å². The Morgan fingerprint density at radius 3 is 1.48 bits per heavy atom. The molecule has 2 rings (SSSR count). The summed E-state index contributed by atoms with van der Waals surface area (Å²) in [5.74, 6) is -0.815. The molecule has 2 atom stereocenters. The molecule has 0 aliphatic heterocycles. The Hall–Kier alpha value is -3.41. The van der Waals surface area contributed by atoms with E-state index in [9.17, 15) is 29.8 Å². The van der Waals surface area contributed by atoms with Crippen molar-refractivity contribution in [3.05, 3.63) is 91.6 Å². The second kappa shape index (κ2) is 13.2. The summed E-state index contributed by atoms with van der Waals surface area (Å²) in [5, 5.41) is 27.9. The van der Waals surface area contributed by atoms with E-state index in [1.165, 1.54) is 26.6 Å². The molecule has 0 bridgehead atoms. The zero-order valence-corrected chi connectivity index (χ0v) is 18.7. The van der Waals surface area contributed by atoms with Gasteiger partial charge < -0.3 is 20.1 Å². The van der Waals surface area contributed by atoms with Gasteiger partial charge in [0.1, 0.15) is 0 Å². The number of ether oxygens (including phenoxy) is 2. The van der Waals surface area contributed by atoms with E-state index in [-0.39, 0.29) is 52.2 Å². The van der Waals surface area contributed by atoms with Gasteiger partial charge in [-0.15, -0.1) is 0 Å². The summed E-state index contributed by atoms with van der Waals surface area (Å²) in [5.41, 5.74) is -0.286. The predicted octanol–water partition coefficient (Wildman–Crippen LogP) is 0.560. The standard InChI is InChI=1S/C20H22N4O8.Ni/c1-31-11-17(21-9-13-7-15(23(27)28)3-5-19(13)25)18(12-32-2)22-10-14-8-16(24(29)30)4-6-20(14)26;/h3-10,17-18,21-22H,11-12H2,1-2H3;/b13-9-,14-10-;/t17-,18-;/m1./s1. The molecule has 0 heterocycles. The van der Waals surface area contributed by atoms with Gasteiger partial charge in [-0.1, -0.05) is 0 Å². The maximum absolute atomic E-state index is 12.0. The van der Waals surface area contributed by atoms with Gasteiger partial charge in [-0.2, -0.15) is 0 Å². The summed E-state index contributed by atoms with van der Waals surface area (Å²) in [6.07, 6.45) is 9.44. The average molecular weight is 505 g/mol. The number of carbonyl (C=O) groups excluding carboxylic acids is 2. The third-order valence-electron chi connectivity index (χ3n) is 4.49. The number of ketones is 2. The molecule has 13 heteroatoms. The van der Waals surface area contributed by atoms with Crippen molar-refractivity contribution in [2.45, 2.75) is 12.1 Å². The molecule has 33 heavy (non-hydrogen) atoms. The number of methoxy groups -OCH3 is 2. The van der Waals surface area contributed by atoms with E-state index in [0.717, 1.165) is 36.5 Å². The van der Waals surface area contributed by atoms with Gasteiger partial charge in [-0.3, -0.25) is 29.8 Å². The monoisotopic (exact) mass is 504 g/mol. The minimum absolute atomic E-state index is 0. The van der Waals surface area contributed by atoms with Crippen LogP contribution < -0.4 is 10.6 Å². The van der Waals surface area contributed by atoms with Crippen molar-refractivity contribution >= 4 is 11.6 Å². The van der Waals surface area contributed by atoms with Crippen LogP contribution in [0.25, 0.3) is 0 Å². The van der Waals surface area contributed by atoms with E-state index in [1.807, 2.05) is 0 Å². The maximum atomic E-state index is 12.0. The summed E-state index contributed by atoms with van der Waals surface area (Å²) in [7, 11) is 2.93. The minimum Gasteiger partial charge on any atom is -0.383 e. The molecule has 0 fully saturated rings. The first kappa shape index (κ1) is 27.6. The van der Waals surface area contributed by atoms with Gasteiger partial charge in [0.05, 0.1) is 35.1 Å². The molecule has 12 nitrogen and oxygen atoms in total. The second-order valence-electron chi connectivity index (χ2n) is 6.70. The number of allylic oxidation sites excluding steroid dienone is 8. The normalized spacial score (nSPS) is 19.5. The van der Waals surface area contributed by atoms with E-state index in [2.05, 4.69) is 10.6 Å². The fourth-order valence-corrected chi connectivity index (χ4v) is 2.84. The molecular weight excluding hydrogens is 483 g/mol. The van der Waals surface area contributed by atoms with Crippen LogP contribution in [0.15, 0.2) is 71.4 Å². The first-order chi connectivity index (χ1) is 15.3. The van der Waals surface area contributed by atoms with Gasteiger partial charge in [0, 0.05) is 78.6 Å². The number of nitrogens with zero attached hydrogens (tertiary/aromatic N) is 2. The van der Waals surface area contributed by atoms with E-state index in [1.54, 1.807) is 0 Å². The SMILES string of the molecule is COC[C@@H](N/C=C1/C=C([N+](=O)[O-])C=CC1=O)[C@@H](COC)N/C=C1/C=C([N+](=O)[O-])C=CC1=O.[Ni]. The largest absolute Gasteiger partial charge is 0.383 e. The summed E-state index contributed by atoms with van der Waals surface area (Å²) in [6.45, 7) is 0.293. The fraction of sp³-hybridized carbons (Fsp3) is 0.300. The Labute approximate surface area is 199 Å². The third kappa shape index (κ3) is 7.90. The van der Waals surface area contributed by atoms with Crippen molar-refractivity contribution in [3.63, 3.8) is 0 Å². The number of nitro groups is 2. The molecule has 0 amide bonds. The van der Waals surface area contributed by atoms with Gasteiger partial charge in [0.25, 0.3) is 11.4 Å². The molecule has 0 aromatic carbocycles. The van der Waals surface area contributed by atoms with Crippen LogP contribution in [0.1, 0.15) is 0 Å². The number of carbonyl (C=O) groups is 2. The summed E-state index contributed by atoms with van der Waals surface area (Å²) >= 11 is 0. The molecule has 0 aromatic rings. The summed E-state index contributed by atoms with van der Waals surface area (Å²) in [6, 6.07) is -0.993. The third-order valence-corrected chi connectivity index (χ3v) is 4.49. The predicted molar refractivity (Wildman–Crippen MR) is 112 cm³/mol. The topological polar surface area (TPSA) is 163 Å². The Balaban J connectivity index is 0.00000544. The van der Waals surface area contributed by atoms with Crippen LogP contribution in [0.5, 0.6) is 0 Å². The Bertz CT molecular complexity index is 903. The van der Waals surface area contributed by atoms with Crippen LogP contribution in [0, 0.1) is 20.2 Å². The van der Waals surface area contributed by atoms with Crippen molar-refractivity contribution in [2.24, 2.45) is 0 Å². The van der Waals surface area contributed by atoms with Crippen LogP contribution in [0.2, 0.25) is 0 Å². The Morgan fingerprint density at radius 2 is 1.18 bits per heavy atom. The van der Waals surface area contributed by atoms with E-state index in [0.29, 0.717) is 0 Å². The van der Waals surface area contributed by atoms with Crippen molar-refractivity contribution in [2.75, 3.05) is 27.4 Å². The first-order valence-corrected chi connectivity index (χ1v) is 9.34. The molecule has 0 saturated carbocycles. The van der Waals surface area contributed by atoms with Crippen molar-refractivity contribution in [1.82, 2.24) is 10.6 Å². The molecular formula is C20H22N4NiO8. The van der Waals surface area contributed by atoms with Crippen LogP contribution in [0.4, 0.5) is 0 Å².